The van der Waals surface area contributed by atoms with Gasteiger partial charge >= 0.3 is 0 Å². The predicted molar refractivity (Wildman–Crippen MR) is 120 cm³/mol. The summed E-state index contributed by atoms with van der Waals surface area (Å²) in [4.78, 5) is 13.5. The second kappa shape index (κ2) is 8.71. The number of nitrogens with zero attached hydrogens (tertiary/aromatic N) is 5. The minimum Gasteiger partial charge on any atom is -0.497 e. The van der Waals surface area contributed by atoms with Gasteiger partial charge in [0.25, 0.3) is 0 Å². The smallest absolute Gasteiger partial charge is 0.156 e. The van der Waals surface area contributed by atoms with Gasteiger partial charge < -0.3 is 19.9 Å². The van der Waals surface area contributed by atoms with Crippen LogP contribution in [0.4, 0.5) is 17.3 Å². The van der Waals surface area contributed by atoms with E-state index in [9.17, 15) is 0 Å². The molecule has 0 bridgehead atoms. The van der Waals surface area contributed by atoms with Gasteiger partial charge in [0, 0.05) is 19.7 Å². The number of nitriles is 1. The Morgan fingerprint density at radius 2 is 1.97 bits per heavy atom. The number of aryl methyl sites for hydroxylation is 2. The van der Waals surface area contributed by atoms with Crippen molar-refractivity contribution < 1.29 is 4.74 Å². The van der Waals surface area contributed by atoms with Crippen LogP contribution in [-0.4, -0.2) is 26.6 Å². The minimum atomic E-state index is 0.402. The fourth-order valence-electron chi connectivity index (χ4n) is 3.35. The molecule has 0 saturated heterocycles. The fourth-order valence-corrected chi connectivity index (χ4v) is 3.35. The number of hydrogen-bond donors (Lipinski definition) is 2. The number of anilines is 3. The summed E-state index contributed by atoms with van der Waals surface area (Å²) in [5.41, 5.74) is 5.10. The second-order valence-corrected chi connectivity index (χ2v) is 7.10. The summed E-state index contributed by atoms with van der Waals surface area (Å²) in [6.45, 7) is 2.64. The number of methoxy groups -OCH3 is 1. The van der Waals surface area contributed by atoms with Crippen LogP contribution in [0.25, 0.3) is 11.0 Å². The lowest BCUT2D eigenvalue weighted by Crippen LogP contribution is -2.05. The molecule has 3 aromatic heterocycles. The Bertz CT molecular complexity index is 1260. The van der Waals surface area contributed by atoms with E-state index in [0.29, 0.717) is 23.9 Å². The third-order valence-electron chi connectivity index (χ3n) is 5.08. The van der Waals surface area contributed by atoms with E-state index in [2.05, 4.69) is 26.7 Å². The number of imidazole rings is 1. The summed E-state index contributed by atoms with van der Waals surface area (Å²) >= 11 is 0. The molecule has 4 rings (SSSR count). The molecule has 0 atom stereocenters. The fraction of sp³-hybridized carbons (Fsp3) is 0.217. The Morgan fingerprint density at radius 1 is 1.16 bits per heavy atom. The van der Waals surface area contributed by atoms with Crippen LogP contribution in [0.15, 0.2) is 48.9 Å². The number of ether oxygens (including phenoxy) is 1. The third-order valence-corrected chi connectivity index (χ3v) is 5.08. The van der Waals surface area contributed by atoms with Crippen LogP contribution in [0.3, 0.4) is 0 Å². The first kappa shape index (κ1) is 20.2. The molecule has 1 aromatic carbocycles. The number of pyridine rings is 2. The Morgan fingerprint density at radius 3 is 2.68 bits per heavy atom. The standard InChI is InChI=1S/C23H23N7O/c1-4-16-9-17(11-24)25-13-19(16)28-21-10-20-22(27-14-30(20)2)23(29-21)26-12-15-5-7-18(31-3)8-6-15/h5-10,13-14H,4,12H2,1-3H3,(H2,26,28,29). The second-order valence-electron chi connectivity index (χ2n) is 7.10. The topological polar surface area (TPSA) is 101 Å². The minimum absolute atomic E-state index is 0.402. The highest BCUT2D eigenvalue weighted by Crippen LogP contribution is 2.27. The number of hydrogen-bond acceptors (Lipinski definition) is 7. The number of fused-ring (bicyclic) bond motifs is 1. The van der Waals surface area contributed by atoms with E-state index in [1.54, 1.807) is 25.7 Å². The Balaban J connectivity index is 1.64. The Hall–Kier alpha value is -4.12. The van der Waals surface area contributed by atoms with Crippen molar-refractivity contribution in [1.29, 1.82) is 5.26 Å². The molecule has 2 N–H and O–H groups in total. The van der Waals surface area contributed by atoms with Gasteiger partial charge in [-0.05, 0) is 35.7 Å². The lowest BCUT2D eigenvalue weighted by atomic mass is 10.1. The highest BCUT2D eigenvalue weighted by atomic mass is 16.5. The molecule has 0 saturated carbocycles. The highest BCUT2D eigenvalue weighted by molar-refractivity contribution is 5.89. The summed E-state index contributed by atoms with van der Waals surface area (Å²) < 4.78 is 7.18. The molecular weight excluding hydrogens is 390 g/mol. The number of nitrogens with one attached hydrogen (secondary N) is 2. The SMILES string of the molecule is CCc1cc(C#N)ncc1Nc1cc2c(ncn2C)c(NCc2ccc(OC)cc2)n1. The van der Waals surface area contributed by atoms with E-state index in [4.69, 9.17) is 15.0 Å². The van der Waals surface area contributed by atoms with Crippen molar-refractivity contribution in [3.63, 3.8) is 0 Å². The molecule has 0 spiro atoms. The molecule has 0 aliphatic heterocycles. The molecule has 8 nitrogen and oxygen atoms in total. The van der Waals surface area contributed by atoms with E-state index < -0.39 is 0 Å². The average Bonchev–Trinajstić information content (AvgIpc) is 3.18. The first-order chi connectivity index (χ1) is 15.1. The number of rotatable bonds is 7. The van der Waals surface area contributed by atoms with E-state index in [1.807, 2.05) is 48.9 Å². The zero-order chi connectivity index (χ0) is 21.8. The van der Waals surface area contributed by atoms with Crippen LogP contribution < -0.4 is 15.4 Å². The van der Waals surface area contributed by atoms with Gasteiger partial charge in [-0.1, -0.05) is 19.1 Å². The molecule has 4 aromatic rings. The molecule has 0 unspecified atom stereocenters. The monoisotopic (exact) mass is 413 g/mol. The van der Waals surface area contributed by atoms with Crippen molar-refractivity contribution in [2.75, 3.05) is 17.7 Å². The first-order valence-corrected chi connectivity index (χ1v) is 9.96. The zero-order valence-corrected chi connectivity index (χ0v) is 17.7. The van der Waals surface area contributed by atoms with E-state index in [-0.39, 0.29) is 0 Å². The van der Waals surface area contributed by atoms with Crippen LogP contribution in [-0.2, 0) is 20.0 Å². The van der Waals surface area contributed by atoms with Crippen molar-refractivity contribution in [3.8, 4) is 11.8 Å². The lowest BCUT2D eigenvalue weighted by molar-refractivity contribution is 0.414. The largest absolute Gasteiger partial charge is 0.497 e. The maximum absolute atomic E-state index is 9.11. The summed E-state index contributed by atoms with van der Waals surface area (Å²) in [5, 5.41) is 15.9. The van der Waals surface area contributed by atoms with Crippen molar-refractivity contribution in [3.05, 3.63) is 65.7 Å². The zero-order valence-electron chi connectivity index (χ0n) is 17.7. The summed E-state index contributed by atoms with van der Waals surface area (Å²) in [7, 11) is 3.61. The summed E-state index contributed by atoms with van der Waals surface area (Å²) in [6, 6.07) is 13.7. The molecule has 31 heavy (non-hydrogen) atoms. The van der Waals surface area contributed by atoms with Gasteiger partial charge in [-0.3, -0.25) is 0 Å². The van der Waals surface area contributed by atoms with Gasteiger partial charge in [-0.15, -0.1) is 0 Å². The van der Waals surface area contributed by atoms with Crippen LogP contribution in [0, 0.1) is 11.3 Å². The van der Waals surface area contributed by atoms with Gasteiger partial charge in [0.1, 0.15) is 28.8 Å². The van der Waals surface area contributed by atoms with Crippen LogP contribution >= 0.6 is 0 Å². The van der Waals surface area contributed by atoms with Crippen molar-refractivity contribution in [2.24, 2.45) is 7.05 Å². The molecule has 0 radical (unpaired) electrons. The summed E-state index contributed by atoms with van der Waals surface area (Å²) in [6.07, 6.45) is 4.22. The molecule has 0 fully saturated rings. The predicted octanol–water partition coefficient (Wildman–Crippen LogP) is 4.16. The van der Waals surface area contributed by atoms with Gasteiger partial charge in [-0.25, -0.2) is 15.0 Å². The molecule has 0 aliphatic rings. The number of aromatic nitrogens is 4. The highest BCUT2D eigenvalue weighted by Gasteiger charge is 2.12. The quantitative estimate of drug-likeness (QED) is 0.469. The third kappa shape index (κ3) is 4.26. The van der Waals surface area contributed by atoms with Gasteiger partial charge in [0.2, 0.25) is 0 Å². The maximum Gasteiger partial charge on any atom is 0.156 e. The van der Waals surface area contributed by atoms with Crippen molar-refractivity contribution >= 4 is 28.4 Å². The summed E-state index contributed by atoms with van der Waals surface area (Å²) in [5.74, 6) is 2.19. The van der Waals surface area contributed by atoms with E-state index in [0.717, 1.165) is 40.0 Å². The Kier molecular flexibility index (Phi) is 5.67. The van der Waals surface area contributed by atoms with E-state index in [1.165, 1.54) is 0 Å². The number of benzene rings is 1. The average molecular weight is 413 g/mol. The van der Waals surface area contributed by atoms with E-state index >= 15 is 0 Å². The molecule has 3 heterocycles. The van der Waals surface area contributed by atoms with Crippen molar-refractivity contribution in [2.45, 2.75) is 19.9 Å². The molecule has 156 valence electrons. The van der Waals surface area contributed by atoms with Crippen molar-refractivity contribution in [1.82, 2.24) is 19.5 Å². The lowest BCUT2D eigenvalue weighted by Gasteiger charge is -2.13. The normalized spacial score (nSPS) is 10.6. The van der Waals surface area contributed by atoms with Crippen LogP contribution in [0.2, 0.25) is 0 Å². The molecule has 0 amide bonds. The van der Waals surface area contributed by atoms with Crippen LogP contribution in [0.1, 0.15) is 23.7 Å². The Labute approximate surface area is 180 Å². The molecule has 0 aliphatic carbocycles. The van der Waals surface area contributed by atoms with Crippen LogP contribution in [0.5, 0.6) is 5.75 Å². The molecule has 8 heteroatoms. The molecular formula is C23H23N7O. The maximum atomic E-state index is 9.11. The van der Waals surface area contributed by atoms with Gasteiger partial charge in [-0.2, -0.15) is 5.26 Å². The first-order valence-electron chi connectivity index (χ1n) is 9.96. The van der Waals surface area contributed by atoms with Gasteiger partial charge in [0.05, 0.1) is 30.8 Å². The van der Waals surface area contributed by atoms with Gasteiger partial charge in [0.15, 0.2) is 5.82 Å².